The number of para-hydroxylation sites is 1. The molecule has 2 heterocycles. The lowest BCUT2D eigenvalue weighted by Crippen LogP contribution is -2.28. The normalized spacial score (nSPS) is 17.2. The first-order chi connectivity index (χ1) is 13.6. The van der Waals surface area contributed by atoms with Crippen LogP contribution in [0.5, 0.6) is 0 Å². The van der Waals surface area contributed by atoms with E-state index in [4.69, 9.17) is 32.9 Å². The van der Waals surface area contributed by atoms with Crippen molar-refractivity contribution in [3.8, 4) is 0 Å². The zero-order chi connectivity index (χ0) is 19.5. The van der Waals surface area contributed by atoms with Crippen LogP contribution in [0, 0.1) is 5.92 Å². The van der Waals surface area contributed by atoms with Gasteiger partial charge >= 0.3 is 0 Å². The van der Waals surface area contributed by atoms with Gasteiger partial charge in [0.1, 0.15) is 0 Å². The standard InChI is InChI=1S/C21H24Cl2N4O/c1-27-19-8-7-14(11-24-12-15-4-3-9-28-13-15)10-18(19)25-21(27)26-20-16(22)5-2-6-17(20)23/h2,5-8,10,15,24H,3-4,9,11-13H2,1H3,(H,25,26). The Morgan fingerprint density at radius 2 is 2.04 bits per heavy atom. The zero-order valence-electron chi connectivity index (χ0n) is 15.8. The van der Waals surface area contributed by atoms with Crippen molar-refractivity contribution in [2.75, 3.05) is 25.1 Å². The maximum atomic E-state index is 6.28. The van der Waals surface area contributed by atoms with Gasteiger partial charge in [-0.05, 0) is 48.6 Å². The zero-order valence-corrected chi connectivity index (χ0v) is 17.4. The highest BCUT2D eigenvalue weighted by Gasteiger charge is 2.14. The number of aryl methyl sites for hydroxylation is 1. The summed E-state index contributed by atoms with van der Waals surface area (Å²) < 4.78 is 7.55. The second-order valence-corrected chi connectivity index (χ2v) is 8.07. The van der Waals surface area contributed by atoms with Gasteiger partial charge in [0.15, 0.2) is 0 Å². The Bertz CT molecular complexity index is 946. The summed E-state index contributed by atoms with van der Waals surface area (Å²) in [6, 6.07) is 11.8. The average molecular weight is 419 g/mol. The van der Waals surface area contributed by atoms with E-state index in [1.54, 1.807) is 12.1 Å². The first-order valence-electron chi connectivity index (χ1n) is 9.56. The largest absolute Gasteiger partial charge is 0.381 e. The van der Waals surface area contributed by atoms with E-state index in [2.05, 4.69) is 28.8 Å². The van der Waals surface area contributed by atoms with Crippen molar-refractivity contribution in [2.45, 2.75) is 19.4 Å². The highest BCUT2D eigenvalue weighted by molar-refractivity contribution is 6.39. The molecule has 1 aromatic heterocycles. The van der Waals surface area contributed by atoms with Crippen molar-refractivity contribution >= 4 is 45.9 Å². The summed E-state index contributed by atoms with van der Waals surface area (Å²) >= 11 is 12.6. The Morgan fingerprint density at radius 1 is 1.21 bits per heavy atom. The summed E-state index contributed by atoms with van der Waals surface area (Å²) in [6.07, 6.45) is 2.41. The fraction of sp³-hybridized carbons (Fsp3) is 0.381. The van der Waals surface area contributed by atoms with Crippen molar-refractivity contribution < 1.29 is 4.74 Å². The molecule has 0 spiro atoms. The quantitative estimate of drug-likeness (QED) is 0.581. The molecule has 1 fully saturated rings. The van der Waals surface area contributed by atoms with Crippen LogP contribution in [-0.2, 0) is 18.3 Å². The summed E-state index contributed by atoms with van der Waals surface area (Å²) in [5.74, 6) is 1.32. The van der Waals surface area contributed by atoms with Gasteiger partial charge in [-0.1, -0.05) is 35.3 Å². The smallest absolute Gasteiger partial charge is 0.208 e. The number of ether oxygens (including phenoxy) is 1. The highest BCUT2D eigenvalue weighted by atomic mass is 35.5. The molecule has 1 aliphatic heterocycles. The monoisotopic (exact) mass is 418 g/mol. The van der Waals surface area contributed by atoms with E-state index in [0.29, 0.717) is 27.6 Å². The molecule has 1 atom stereocenters. The molecular formula is C21H24Cl2N4O. The van der Waals surface area contributed by atoms with Crippen LogP contribution in [0.15, 0.2) is 36.4 Å². The minimum absolute atomic E-state index is 0.566. The van der Waals surface area contributed by atoms with Gasteiger partial charge in [-0.25, -0.2) is 4.98 Å². The molecule has 28 heavy (non-hydrogen) atoms. The number of hydrogen-bond donors (Lipinski definition) is 2. The predicted octanol–water partition coefficient (Wildman–Crippen LogP) is 5.14. The molecule has 1 unspecified atom stereocenters. The SMILES string of the molecule is Cn1c(Nc2c(Cl)cccc2Cl)nc2cc(CNCC3CCCOC3)ccc21. The Hall–Kier alpha value is -1.79. The first-order valence-corrected chi connectivity index (χ1v) is 10.3. The molecule has 0 bridgehead atoms. The van der Waals surface area contributed by atoms with Crippen LogP contribution >= 0.6 is 23.2 Å². The third-order valence-corrected chi connectivity index (χ3v) is 5.79. The lowest BCUT2D eigenvalue weighted by atomic mass is 10.0. The van der Waals surface area contributed by atoms with Crippen molar-refractivity contribution in [3.05, 3.63) is 52.0 Å². The number of nitrogens with zero attached hydrogens (tertiary/aromatic N) is 2. The van der Waals surface area contributed by atoms with E-state index in [1.807, 2.05) is 17.7 Å². The first kappa shape index (κ1) is 19.5. The molecule has 0 radical (unpaired) electrons. The molecular weight excluding hydrogens is 395 g/mol. The van der Waals surface area contributed by atoms with E-state index in [1.165, 1.54) is 12.0 Å². The molecule has 2 aromatic carbocycles. The third kappa shape index (κ3) is 4.28. The minimum atomic E-state index is 0.566. The van der Waals surface area contributed by atoms with Gasteiger partial charge < -0.3 is 19.9 Å². The van der Waals surface area contributed by atoms with E-state index in [-0.39, 0.29) is 0 Å². The van der Waals surface area contributed by atoms with Crippen molar-refractivity contribution in [2.24, 2.45) is 13.0 Å². The van der Waals surface area contributed by atoms with Gasteiger partial charge in [-0.15, -0.1) is 0 Å². The summed E-state index contributed by atoms with van der Waals surface area (Å²) in [5, 5.41) is 7.94. The Balaban J connectivity index is 1.47. The van der Waals surface area contributed by atoms with Crippen molar-refractivity contribution in [1.29, 1.82) is 0 Å². The van der Waals surface area contributed by atoms with Gasteiger partial charge in [-0.2, -0.15) is 0 Å². The molecule has 4 rings (SSSR count). The van der Waals surface area contributed by atoms with Crippen LogP contribution < -0.4 is 10.6 Å². The molecule has 7 heteroatoms. The molecule has 5 nitrogen and oxygen atoms in total. The van der Waals surface area contributed by atoms with Gasteiger partial charge in [0.25, 0.3) is 0 Å². The lowest BCUT2D eigenvalue weighted by molar-refractivity contribution is 0.0547. The molecule has 1 aliphatic rings. The average Bonchev–Trinajstić information content (AvgIpc) is 3.01. The van der Waals surface area contributed by atoms with E-state index < -0.39 is 0 Å². The lowest BCUT2D eigenvalue weighted by Gasteiger charge is -2.22. The number of anilines is 2. The molecule has 0 aliphatic carbocycles. The topological polar surface area (TPSA) is 51.1 Å². The number of fused-ring (bicyclic) bond motifs is 1. The van der Waals surface area contributed by atoms with Crippen LogP contribution in [0.3, 0.4) is 0 Å². The summed E-state index contributed by atoms with van der Waals surface area (Å²) in [4.78, 5) is 4.74. The van der Waals surface area contributed by atoms with Crippen molar-refractivity contribution in [1.82, 2.24) is 14.9 Å². The van der Waals surface area contributed by atoms with Crippen LogP contribution in [0.4, 0.5) is 11.6 Å². The van der Waals surface area contributed by atoms with Gasteiger partial charge in [0.05, 0.1) is 33.4 Å². The second-order valence-electron chi connectivity index (χ2n) is 7.25. The molecule has 148 valence electrons. The highest BCUT2D eigenvalue weighted by Crippen LogP contribution is 2.33. The van der Waals surface area contributed by atoms with E-state index in [0.717, 1.165) is 43.8 Å². The number of rotatable bonds is 6. The Morgan fingerprint density at radius 3 is 2.79 bits per heavy atom. The number of nitrogens with one attached hydrogen (secondary N) is 2. The number of aromatic nitrogens is 2. The van der Waals surface area contributed by atoms with Gasteiger partial charge in [-0.3, -0.25) is 0 Å². The van der Waals surface area contributed by atoms with Crippen molar-refractivity contribution in [3.63, 3.8) is 0 Å². The number of benzene rings is 2. The summed E-state index contributed by atoms with van der Waals surface area (Å²) in [7, 11) is 1.98. The maximum absolute atomic E-state index is 6.28. The number of halogens is 2. The van der Waals surface area contributed by atoms with Gasteiger partial charge in [0.2, 0.25) is 5.95 Å². The molecule has 1 saturated heterocycles. The molecule has 0 amide bonds. The van der Waals surface area contributed by atoms with E-state index >= 15 is 0 Å². The second kappa shape index (κ2) is 8.70. The number of imidazole rings is 1. The van der Waals surface area contributed by atoms with Crippen LogP contribution in [0.1, 0.15) is 18.4 Å². The van der Waals surface area contributed by atoms with Gasteiger partial charge in [0, 0.05) is 26.7 Å². The molecule has 0 saturated carbocycles. The molecule has 2 N–H and O–H groups in total. The Kier molecular flexibility index (Phi) is 6.07. The fourth-order valence-corrected chi connectivity index (χ4v) is 4.08. The summed E-state index contributed by atoms with van der Waals surface area (Å²) in [5.41, 5.74) is 3.87. The minimum Gasteiger partial charge on any atom is -0.381 e. The van der Waals surface area contributed by atoms with Crippen LogP contribution in [0.25, 0.3) is 11.0 Å². The molecule has 3 aromatic rings. The van der Waals surface area contributed by atoms with Crippen LogP contribution in [0.2, 0.25) is 10.0 Å². The van der Waals surface area contributed by atoms with Crippen LogP contribution in [-0.4, -0.2) is 29.3 Å². The number of hydrogen-bond acceptors (Lipinski definition) is 4. The third-order valence-electron chi connectivity index (χ3n) is 5.16. The summed E-state index contributed by atoms with van der Waals surface area (Å²) in [6.45, 7) is 3.58. The maximum Gasteiger partial charge on any atom is 0.208 e. The predicted molar refractivity (Wildman–Crippen MR) is 116 cm³/mol. The fourth-order valence-electron chi connectivity index (χ4n) is 3.59. The Labute approximate surface area is 175 Å². The van der Waals surface area contributed by atoms with E-state index in [9.17, 15) is 0 Å².